The SMILES string of the molecule is CC(C)c1ccc(N(C)C(=O)CC2CCNC2)cc1. The van der Waals surface area contributed by atoms with Crippen molar-refractivity contribution in [2.75, 3.05) is 25.0 Å². The number of hydrogen-bond donors (Lipinski definition) is 1. The highest BCUT2D eigenvalue weighted by molar-refractivity contribution is 5.92. The average Bonchev–Trinajstić information content (AvgIpc) is 2.90. The Balaban J connectivity index is 1.97. The van der Waals surface area contributed by atoms with Crippen molar-refractivity contribution in [2.45, 2.75) is 32.6 Å². The lowest BCUT2D eigenvalue weighted by Crippen LogP contribution is -2.28. The summed E-state index contributed by atoms with van der Waals surface area (Å²) in [4.78, 5) is 14.0. The second kappa shape index (κ2) is 6.20. The molecule has 1 unspecified atom stereocenters. The Morgan fingerprint density at radius 3 is 2.58 bits per heavy atom. The minimum atomic E-state index is 0.214. The van der Waals surface area contributed by atoms with E-state index in [1.165, 1.54) is 5.56 Å². The molecule has 1 atom stereocenters. The first-order chi connectivity index (χ1) is 9.08. The van der Waals surface area contributed by atoms with Gasteiger partial charge < -0.3 is 10.2 Å². The molecule has 1 N–H and O–H groups in total. The van der Waals surface area contributed by atoms with Gasteiger partial charge in [-0.25, -0.2) is 0 Å². The van der Waals surface area contributed by atoms with Crippen LogP contribution < -0.4 is 10.2 Å². The van der Waals surface area contributed by atoms with E-state index >= 15 is 0 Å². The van der Waals surface area contributed by atoms with Gasteiger partial charge >= 0.3 is 0 Å². The van der Waals surface area contributed by atoms with E-state index in [9.17, 15) is 4.79 Å². The van der Waals surface area contributed by atoms with Gasteiger partial charge in [0.2, 0.25) is 5.91 Å². The number of carbonyl (C=O) groups excluding carboxylic acids is 1. The van der Waals surface area contributed by atoms with Crippen molar-refractivity contribution in [3.8, 4) is 0 Å². The van der Waals surface area contributed by atoms with Crippen molar-refractivity contribution < 1.29 is 4.79 Å². The molecule has 1 aliphatic rings. The van der Waals surface area contributed by atoms with Crippen LogP contribution in [0.1, 0.15) is 38.2 Å². The van der Waals surface area contributed by atoms with Crippen LogP contribution in [-0.2, 0) is 4.79 Å². The summed E-state index contributed by atoms with van der Waals surface area (Å²) in [6.45, 7) is 6.38. The molecule has 1 aromatic carbocycles. The monoisotopic (exact) mass is 260 g/mol. The van der Waals surface area contributed by atoms with E-state index in [0.717, 1.165) is 25.2 Å². The van der Waals surface area contributed by atoms with Gasteiger partial charge in [0.05, 0.1) is 0 Å². The molecule has 104 valence electrons. The molecule has 0 saturated carbocycles. The second-order valence-electron chi connectivity index (χ2n) is 5.76. The highest BCUT2D eigenvalue weighted by atomic mass is 16.2. The minimum absolute atomic E-state index is 0.214. The van der Waals surface area contributed by atoms with Crippen LogP contribution in [0.5, 0.6) is 0 Å². The van der Waals surface area contributed by atoms with E-state index in [2.05, 4.69) is 31.3 Å². The predicted octanol–water partition coefficient (Wildman–Crippen LogP) is 2.77. The summed E-state index contributed by atoms with van der Waals surface area (Å²) in [6.07, 6.45) is 1.77. The van der Waals surface area contributed by atoms with E-state index in [-0.39, 0.29) is 5.91 Å². The van der Waals surface area contributed by atoms with Crippen LogP contribution in [0.3, 0.4) is 0 Å². The summed E-state index contributed by atoms with van der Waals surface area (Å²) in [5, 5.41) is 3.31. The Labute approximate surface area is 116 Å². The van der Waals surface area contributed by atoms with Crippen LogP contribution in [-0.4, -0.2) is 26.0 Å². The molecule has 1 aliphatic heterocycles. The summed E-state index contributed by atoms with van der Waals surface area (Å²) < 4.78 is 0. The van der Waals surface area contributed by atoms with E-state index in [1.807, 2.05) is 19.2 Å². The van der Waals surface area contributed by atoms with Gasteiger partial charge in [-0.15, -0.1) is 0 Å². The van der Waals surface area contributed by atoms with E-state index in [1.54, 1.807) is 4.90 Å². The summed E-state index contributed by atoms with van der Waals surface area (Å²) in [7, 11) is 1.87. The average molecular weight is 260 g/mol. The first-order valence-corrected chi connectivity index (χ1v) is 7.15. The molecule has 19 heavy (non-hydrogen) atoms. The maximum atomic E-state index is 12.2. The maximum absolute atomic E-state index is 12.2. The molecule has 0 aliphatic carbocycles. The van der Waals surface area contributed by atoms with Gasteiger partial charge in [0, 0.05) is 19.2 Å². The smallest absolute Gasteiger partial charge is 0.227 e. The lowest BCUT2D eigenvalue weighted by molar-refractivity contribution is -0.119. The molecule has 0 spiro atoms. The summed E-state index contributed by atoms with van der Waals surface area (Å²) in [5.41, 5.74) is 2.30. The van der Waals surface area contributed by atoms with Gasteiger partial charge in [0.25, 0.3) is 0 Å². The molecule has 3 nitrogen and oxygen atoms in total. The Hall–Kier alpha value is -1.35. The third-order valence-corrected chi connectivity index (χ3v) is 3.95. The Morgan fingerprint density at radius 2 is 2.05 bits per heavy atom. The first-order valence-electron chi connectivity index (χ1n) is 7.15. The molecule has 0 aromatic heterocycles. The standard InChI is InChI=1S/C16H24N2O/c1-12(2)14-4-6-15(7-5-14)18(3)16(19)10-13-8-9-17-11-13/h4-7,12-13,17H,8-11H2,1-3H3. The molecule has 0 radical (unpaired) electrons. The van der Waals surface area contributed by atoms with E-state index in [0.29, 0.717) is 18.3 Å². The van der Waals surface area contributed by atoms with Crippen molar-refractivity contribution >= 4 is 11.6 Å². The van der Waals surface area contributed by atoms with Crippen LogP contribution in [0.2, 0.25) is 0 Å². The van der Waals surface area contributed by atoms with E-state index < -0.39 is 0 Å². The first kappa shape index (κ1) is 14.1. The Morgan fingerprint density at radius 1 is 1.37 bits per heavy atom. The molecule has 1 fully saturated rings. The highest BCUT2D eigenvalue weighted by Crippen LogP contribution is 2.21. The lowest BCUT2D eigenvalue weighted by atomic mass is 10.0. The molecule has 1 heterocycles. The number of benzene rings is 1. The number of nitrogens with zero attached hydrogens (tertiary/aromatic N) is 1. The molecule has 3 heteroatoms. The zero-order valence-electron chi connectivity index (χ0n) is 12.1. The Kier molecular flexibility index (Phi) is 4.59. The number of anilines is 1. The fourth-order valence-corrected chi connectivity index (χ4v) is 2.50. The normalized spacial score (nSPS) is 18.8. The largest absolute Gasteiger partial charge is 0.316 e. The number of carbonyl (C=O) groups is 1. The third kappa shape index (κ3) is 3.57. The molecule has 2 rings (SSSR count). The molecule has 1 aromatic rings. The second-order valence-corrected chi connectivity index (χ2v) is 5.76. The predicted molar refractivity (Wildman–Crippen MR) is 79.5 cm³/mol. The number of hydrogen-bond acceptors (Lipinski definition) is 2. The van der Waals surface area contributed by atoms with Gasteiger partial charge in [0.15, 0.2) is 0 Å². The minimum Gasteiger partial charge on any atom is -0.316 e. The van der Waals surface area contributed by atoms with E-state index in [4.69, 9.17) is 0 Å². The summed E-state index contributed by atoms with van der Waals surface area (Å²) in [5.74, 6) is 1.25. The van der Waals surface area contributed by atoms with Crippen molar-refractivity contribution in [1.82, 2.24) is 5.32 Å². The van der Waals surface area contributed by atoms with Crippen LogP contribution >= 0.6 is 0 Å². The van der Waals surface area contributed by atoms with Crippen molar-refractivity contribution in [3.63, 3.8) is 0 Å². The quantitative estimate of drug-likeness (QED) is 0.903. The van der Waals surface area contributed by atoms with Crippen LogP contribution in [0.15, 0.2) is 24.3 Å². The van der Waals surface area contributed by atoms with Crippen LogP contribution in [0.4, 0.5) is 5.69 Å². The van der Waals surface area contributed by atoms with Crippen molar-refractivity contribution in [1.29, 1.82) is 0 Å². The zero-order valence-corrected chi connectivity index (χ0v) is 12.1. The molecular weight excluding hydrogens is 236 g/mol. The van der Waals surface area contributed by atoms with Gasteiger partial charge in [-0.1, -0.05) is 26.0 Å². The third-order valence-electron chi connectivity index (χ3n) is 3.95. The van der Waals surface area contributed by atoms with Gasteiger partial charge in [-0.05, 0) is 49.0 Å². The van der Waals surface area contributed by atoms with Crippen molar-refractivity contribution in [2.24, 2.45) is 5.92 Å². The molecule has 1 amide bonds. The topological polar surface area (TPSA) is 32.3 Å². The highest BCUT2D eigenvalue weighted by Gasteiger charge is 2.20. The zero-order chi connectivity index (χ0) is 13.8. The Bertz CT molecular complexity index is 419. The fraction of sp³-hybridized carbons (Fsp3) is 0.562. The lowest BCUT2D eigenvalue weighted by Gasteiger charge is -2.20. The number of amides is 1. The maximum Gasteiger partial charge on any atom is 0.227 e. The number of rotatable bonds is 4. The van der Waals surface area contributed by atoms with Crippen LogP contribution in [0.25, 0.3) is 0 Å². The fourth-order valence-electron chi connectivity index (χ4n) is 2.50. The molecule has 1 saturated heterocycles. The van der Waals surface area contributed by atoms with Gasteiger partial charge in [-0.3, -0.25) is 4.79 Å². The van der Waals surface area contributed by atoms with Crippen LogP contribution in [0, 0.1) is 5.92 Å². The number of nitrogens with one attached hydrogen (secondary N) is 1. The van der Waals surface area contributed by atoms with Gasteiger partial charge in [-0.2, -0.15) is 0 Å². The summed E-state index contributed by atoms with van der Waals surface area (Å²) in [6, 6.07) is 8.31. The molecular formula is C16H24N2O. The summed E-state index contributed by atoms with van der Waals surface area (Å²) >= 11 is 0. The molecule has 0 bridgehead atoms. The van der Waals surface area contributed by atoms with Crippen molar-refractivity contribution in [3.05, 3.63) is 29.8 Å². The van der Waals surface area contributed by atoms with Gasteiger partial charge in [0.1, 0.15) is 0 Å².